The van der Waals surface area contributed by atoms with Crippen LogP contribution >= 0.6 is 0 Å². The highest BCUT2D eigenvalue weighted by Gasteiger charge is 2.00. The summed E-state index contributed by atoms with van der Waals surface area (Å²) in [5.41, 5.74) is 5.27. The zero-order valence-corrected chi connectivity index (χ0v) is 8.00. The van der Waals surface area contributed by atoms with Crippen LogP contribution in [-0.2, 0) is 6.42 Å². The Morgan fingerprint density at radius 2 is 2.31 bits per heavy atom. The minimum atomic E-state index is -0.242. The number of anilines is 1. The quantitative estimate of drug-likeness (QED) is 0.729. The molecule has 3 N–H and O–H groups in total. The van der Waals surface area contributed by atoms with Gasteiger partial charge in [0.25, 0.3) is 5.56 Å². The molecule has 1 aromatic rings. The molecule has 0 saturated carbocycles. The van der Waals surface area contributed by atoms with Gasteiger partial charge in [0.1, 0.15) is 11.5 Å². The number of aryl methyl sites for hydroxylation is 1. The van der Waals surface area contributed by atoms with Crippen molar-refractivity contribution in [1.29, 1.82) is 0 Å². The van der Waals surface area contributed by atoms with E-state index in [-0.39, 0.29) is 11.2 Å². The summed E-state index contributed by atoms with van der Waals surface area (Å²) < 4.78 is 0. The summed E-state index contributed by atoms with van der Waals surface area (Å²) in [6, 6.07) is 0. The summed E-state index contributed by atoms with van der Waals surface area (Å²) in [6.07, 6.45) is 3.23. The van der Waals surface area contributed by atoms with Gasteiger partial charge < -0.3 is 10.7 Å². The van der Waals surface area contributed by atoms with Crippen LogP contribution in [0.2, 0.25) is 0 Å². The van der Waals surface area contributed by atoms with Crippen LogP contribution in [0.25, 0.3) is 0 Å². The van der Waals surface area contributed by atoms with Crippen LogP contribution in [0, 0.1) is 5.92 Å². The summed E-state index contributed by atoms with van der Waals surface area (Å²) in [4.78, 5) is 17.7. The predicted octanol–water partition coefficient (Wildman–Crippen LogP) is 0.941. The maximum absolute atomic E-state index is 11.1. The number of hydrogen-bond acceptors (Lipinski definition) is 3. The van der Waals surface area contributed by atoms with Gasteiger partial charge in [0.2, 0.25) is 0 Å². The number of H-pyrrole nitrogens is 1. The molecule has 1 heterocycles. The predicted molar refractivity (Wildman–Crippen MR) is 52.4 cm³/mol. The first-order valence-corrected chi connectivity index (χ1v) is 4.43. The maximum Gasteiger partial charge on any atom is 0.274 e. The van der Waals surface area contributed by atoms with Crippen molar-refractivity contribution in [2.75, 3.05) is 5.73 Å². The zero-order valence-electron chi connectivity index (χ0n) is 8.00. The number of aromatic nitrogens is 2. The first-order chi connectivity index (χ1) is 6.09. The average Bonchev–Trinajstić information content (AvgIpc) is 2.07. The van der Waals surface area contributed by atoms with Crippen molar-refractivity contribution in [2.45, 2.75) is 26.7 Å². The lowest BCUT2D eigenvalue weighted by molar-refractivity contribution is 0.574. The van der Waals surface area contributed by atoms with Crippen LogP contribution in [0.1, 0.15) is 26.1 Å². The van der Waals surface area contributed by atoms with Gasteiger partial charge in [-0.1, -0.05) is 13.8 Å². The molecule has 0 radical (unpaired) electrons. The van der Waals surface area contributed by atoms with E-state index in [0.717, 1.165) is 12.8 Å². The monoisotopic (exact) mass is 181 g/mol. The molecule has 0 saturated heterocycles. The van der Waals surface area contributed by atoms with Crippen molar-refractivity contribution in [2.24, 2.45) is 5.92 Å². The number of hydrogen-bond donors (Lipinski definition) is 2. The molecule has 0 aromatic carbocycles. The lowest BCUT2D eigenvalue weighted by Gasteiger charge is -2.03. The highest BCUT2D eigenvalue weighted by Crippen LogP contribution is 2.03. The fraction of sp³-hybridized carbons (Fsp3) is 0.556. The van der Waals surface area contributed by atoms with Crippen LogP contribution in [0.3, 0.4) is 0 Å². The van der Waals surface area contributed by atoms with Crippen LogP contribution in [0.4, 0.5) is 5.69 Å². The fourth-order valence-electron chi connectivity index (χ4n) is 0.994. The van der Waals surface area contributed by atoms with Gasteiger partial charge in [-0.25, -0.2) is 4.98 Å². The molecule has 1 aromatic heterocycles. The lowest BCUT2D eigenvalue weighted by atomic mass is 10.1. The molecule has 4 nitrogen and oxygen atoms in total. The van der Waals surface area contributed by atoms with E-state index in [2.05, 4.69) is 23.8 Å². The third kappa shape index (κ3) is 2.89. The molecule has 1 rings (SSSR count). The first kappa shape index (κ1) is 9.77. The Balaban J connectivity index is 2.69. The molecule has 4 heteroatoms. The normalized spacial score (nSPS) is 10.7. The van der Waals surface area contributed by atoms with Gasteiger partial charge in [-0.05, 0) is 12.3 Å². The van der Waals surface area contributed by atoms with Gasteiger partial charge >= 0.3 is 0 Å². The van der Waals surface area contributed by atoms with Gasteiger partial charge in [0.15, 0.2) is 0 Å². The second-order valence-electron chi connectivity index (χ2n) is 3.55. The lowest BCUT2D eigenvalue weighted by Crippen LogP contribution is -2.15. The number of nitrogens with two attached hydrogens (primary N) is 1. The summed E-state index contributed by atoms with van der Waals surface area (Å²) in [6.45, 7) is 4.27. The summed E-state index contributed by atoms with van der Waals surface area (Å²) in [5, 5.41) is 0. The minimum absolute atomic E-state index is 0.174. The zero-order chi connectivity index (χ0) is 9.84. The van der Waals surface area contributed by atoms with Crippen LogP contribution < -0.4 is 11.3 Å². The fourth-order valence-corrected chi connectivity index (χ4v) is 0.994. The third-order valence-corrected chi connectivity index (χ3v) is 1.84. The Kier molecular flexibility index (Phi) is 3.06. The molecule has 72 valence electrons. The average molecular weight is 181 g/mol. The molecule has 0 aliphatic heterocycles. The second kappa shape index (κ2) is 4.07. The molecule has 13 heavy (non-hydrogen) atoms. The Hall–Kier alpha value is -1.32. The second-order valence-corrected chi connectivity index (χ2v) is 3.55. The van der Waals surface area contributed by atoms with Gasteiger partial charge in [0, 0.05) is 6.42 Å². The van der Waals surface area contributed by atoms with E-state index < -0.39 is 0 Å². The smallest absolute Gasteiger partial charge is 0.274 e. The van der Waals surface area contributed by atoms with E-state index in [0.29, 0.717) is 11.7 Å². The molecule has 0 atom stereocenters. The largest absolute Gasteiger partial charge is 0.393 e. The molecule has 0 aliphatic carbocycles. The number of nitrogens with zero attached hydrogens (tertiary/aromatic N) is 1. The molecule has 0 fully saturated rings. The van der Waals surface area contributed by atoms with E-state index >= 15 is 0 Å². The van der Waals surface area contributed by atoms with Crippen molar-refractivity contribution in [3.63, 3.8) is 0 Å². The molecular formula is C9H15N3O. The van der Waals surface area contributed by atoms with Gasteiger partial charge in [-0.15, -0.1) is 0 Å². The number of rotatable bonds is 3. The highest BCUT2D eigenvalue weighted by atomic mass is 16.1. The van der Waals surface area contributed by atoms with Crippen molar-refractivity contribution < 1.29 is 0 Å². The Bertz CT molecular complexity index is 330. The SMILES string of the molecule is CC(C)CCc1ncc(N)c(=O)[nH]1. The molecule has 0 bridgehead atoms. The number of nitrogen functional groups attached to an aromatic ring is 1. The summed E-state index contributed by atoms with van der Waals surface area (Å²) >= 11 is 0. The van der Waals surface area contributed by atoms with Gasteiger partial charge in [-0.3, -0.25) is 4.79 Å². The molecule has 0 unspecified atom stereocenters. The number of nitrogens with one attached hydrogen (secondary N) is 1. The van der Waals surface area contributed by atoms with E-state index in [9.17, 15) is 4.79 Å². The Morgan fingerprint density at radius 3 is 2.85 bits per heavy atom. The van der Waals surface area contributed by atoms with E-state index in [4.69, 9.17) is 5.73 Å². The molecule has 0 spiro atoms. The van der Waals surface area contributed by atoms with E-state index in [1.165, 1.54) is 6.20 Å². The van der Waals surface area contributed by atoms with Crippen molar-refractivity contribution in [3.05, 3.63) is 22.4 Å². The first-order valence-electron chi connectivity index (χ1n) is 4.43. The molecule has 0 aliphatic rings. The molecular weight excluding hydrogens is 166 g/mol. The van der Waals surface area contributed by atoms with Crippen molar-refractivity contribution in [3.8, 4) is 0 Å². The highest BCUT2D eigenvalue weighted by molar-refractivity contribution is 5.30. The van der Waals surface area contributed by atoms with E-state index in [1.807, 2.05) is 0 Å². The summed E-state index contributed by atoms with van der Waals surface area (Å²) in [5.74, 6) is 1.33. The topological polar surface area (TPSA) is 71.8 Å². The van der Waals surface area contributed by atoms with E-state index in [1.54, 1.807) is 0 Å². The van der Waals surface area contributed by atoms with Crippen LogP contribution in [0.15, 0.2) is 11.0 Å². The maximum atomic E-state index is 11.1. The van der Waals surface area contributed by atoms with Crippen LogP contribution in [0.5, 0.6) is 0 Å². The summed E-state index contributed by atoms with van der Waals surface area (Å²) in [7, 11) is 0. The Labute approximate surface area is 77.2 Å². The van der Waals surface area contributed by atoms with Gasteiger partial charge in [0.05, 0.1) is 6.20 Å². The van der Waals surface area contributed by atoms with Crippen molar-refractivity contribution in [1.82, 2.24) is 9.97 Å². The minimum Gasteiger partial charge on any atom is -0.393 e. The van der Waals surface area contributed by atoms with Crippen LogP contribution in [-0.4, -0.2) is 9.97 Å². The third-order valence-electron chi connectivity index (χ3n) is 1.84. The van der Waals surface area contributed by atoms with Gasteiger partial charge in [-0.2, -0.15) is 0 Å². The van der Waals surface area contributed by atoms with Crippen molar-refractivity contribution >= 4 is 5.69 Å². The molecule has 0 amide bonds. The number of aromatic amines is 1. The Morgan fingerprint density at radius 1 is 1.62 bits per heavy atom. The standard InChI is InChI=1S/C9H15N3O/c1-6(2)3-4-8-11-5-7(10)9(13)12-8/h5-6H,3-4,10H2,1-2H3,(H,11,12,13).